The van der Waals surface area contributed by atoms with Gasteiger partial charge in [-0.15, -0.1) is 0 Å². The molecule has 5 heteroatoms. The number of carbonyl (C=O) groups is 1. The monoisotopic (exact) mass is 240 g/mol. The van der Waals surface area contributed by atoms with Gasteiger partial charge in [-0.2, -0.15) is 0 Å². The number of nitrogens with two attached hydrogens (primary N) is 1. The number of phenols is 1. The van der Waals surface area contributed by atoms with Crippen molar-refractivity contribution in [1.29, 1.82) is 0 Å². The van der Waals surface area contributed by atoms with E-state index in [0.29, 0.717) is 6.54 Å². The molecule has 0 aliphatic carbocycles. The van der Waals surface area contributed by atoms with Gasteiger partial charge in [-0.25, -0.2) is 4.39 Å². The van der Waals surface area contributed by atoms with Gasteiger partial charge in [0.1, 0.15) is 11.6 Å². The zero-order valence-electron chi connectivity index (χ0n) is 9.74. The van der Waals surface area contributed by atoms with Crippen LogP contribution in [-0.2, 0) is 0 Å². The number of amides is 1. The highest BCUT2D eigenvalue weighted by Crippen LogP contribution is 2.17. The summed E-state index contributed by atoms with van der Waals surface area (Å²) >= 11 is 0. The van der Waals surface area contributed by atoms with Crippen molar-refractivity contribution in [2.45, 2.75) is 25.8 Å². The van der Waals surface area contributed by atoms with Gasteiger partial charge < -0.3 is 16.2 Å². The molecular formula is C12H17FN2O2. The molecule has 94 valence electrons. The third kappa shape index (κ3) is 3.71. The Morgan fingerprint density at radius 1 is 1.59 bits per heavy atom. The third-order valence-corrected chi connectivity index (χ3v) is 2.46. The molecular weight excluding hydrogens is 223 g/mol. The summed E-state index contributed by atoms with van der Waals surface area (Å²) in [5, 5.41) is 12.1. The molecule has 0 saturated carbocycles. The second-order valence-corrected chi connectivity index (χ2v) is 3.86. The second kappa shape index (κ2) is 6.20. The first-order chi connectivity index (χ1) is 8.08. The van der Waals surface area contributed by atoms with Crippen LogP contribution in [0.1, 0.15) is 30.1 Å². The van der Waals surface area contributed by atoms with E-state index in [1.165, 1.54) is 0 Å². The highest BCUT2D eigenvalue weighted by Gasteiger charge is 2.15. The molecule has 1 unspecified atom stereocenters. The van der Waals surface area contributed by atoms with E-state index in [9.17, 15) is 14.3 Å². The predicted octanol–water partition coefficient (Wildman–Crippen LogP) is 1.39. The summed E-state index contributed by atoms with van der Waals surface area (Å²) in [4.78, 5) is 11.8. The van der Waals surface area contributed by atoms with Gasteiger partial charge in [0, 0.05) is 12.6 Å². The molecule has 1 rings (SSSR count). The van der Waals surface area contributed by atoms with Gasteiger partial charge in [-0.1, -0.05) is 13.3 Å². The minimum atomic E-state index is -0.562. The van der Waals surface area contributed by atoms with Crippen LogP contribution in [0.15, 0.2) is 18.2 Å². The summed E-state index contributed by atoms with van der Waals surface area (Å²) in [6, 6.07) is 3.10. The normalized spacial score (nSPS) is 12.2. The Hall–Kier alpha value is -1.62. The molecule has 1 aromatic rings. The molecule has 0 fully saturated rings. The molecule has 0 spiro atoms. The topological polar surface area (TPSA) is 75.3 Å². The number of hydrogen-bond donors (Lipinski definition) is 3. The Kier molecular flexibility index (Phi) is 4.90. The standard InChI is InChI=1S/C12H17FN2O2/c1-2-3-9(7-14)15-12(17)10-6-8(13)4-5-11(10)16/h4-6,9,16H,2-3,7,14H2,1H3,(H,15,17). The van der Waals surface area contributed by atoms with Gasteiger partial charge in [-0.05, 0) is 24.6 Å². The fraction of sp³-hybridized carbons (Fsp3) is 0.417. The summed E-state index contributed by atoms with van der Waals surface area (Å²) in [6.45, 7) is 2.30. The molecule has 1 aromatic carbocycles. The fourth-order valence-electron chi connectivity index (χ4n) is 1.55. The van der Waals surface area contributed by atoms with E-state index >= 15 is 0 Å². The van der Waals surface area contributed by atoms with Crippen LogP contribution < -0.4 is 11.1 Å². The summed E-state index contributed by atoms with van der Waals surface area (Å²) < 4.78 is 13.0. The van der Waals surface area contributed by atoms with E-state index in [1.807, 2.05) is 6.92 Å². The average molecular weight is 240 g/mol. The molecule has 0 bridgehead atoms. The van der Waals surface area contributed by atoms with Crippen LogP contribution in [0.25, 0.3) is 0 Å². The maximum absolute atomic E-state index is 13.0. The van der Waals surface area contributed by atoms with Gasteiger partial charge in [-0.3, -0.25) is 4.79 Å². The largest absolute Gasteiger partial charge is 0.507 e. The van der Waals surface area contributed by atoms with Crippen molar-refractivity contribution in [3.63, 3.8) is 0 Å². The minimum Gasteiger partial charge on any atom is -0.507 e. The van der Waals surface area contributed by atoms with Crippen molar-refractivity contribution in [3.05, 3.63) is 29.6 Å². The van der Waals surface area contributed by atoms with Crippen LogP contribution in [0, 0.1) is 5.82 Å². The molecule has 4 N–H and O–H groups in total. The Balaban J connectivity index is 2.78. The van der Waals surface area contributed by atoms with Crippen molar-refractivity contribution >= 4 is 5.91 Å². The summed E-state index contributed by atoms with van der Waals surface area (Å²) in [7, 11) is 0. The van der Waals surface area contributed by atoms with Crippen molar-refractivity contribution in [3.8, 4) is 5.75 Å². The molecule has 0 aliphatic rings. The first kappa shape index (κ1) is 13.4. The van der Waals surface area contributed by atoms with Crippen LogP contribution in [0.3, 0.4) is 0 Å². The minimum absolute atomic E-state index is 0.0699. The third-order valence-electron chi connectivity index (χ3n) is 2.46. The molecule has 0 aliphatic heterocycles. The quantitative estimate of drug-likeness (QED) is 0.728. The number of halogens is 1. The van der Waals surface area contributed by atoms with E-state index in [0.717, 1.165) is 31.0 Å². The Morgan fingerprint density at radius 2 is 2.29 bits per heavy atom. The van der Waals surface area contributed by atoms with Gasteiger partial charge in [0.25, 0.3) is 5.91 Å². The molecule has 17 heavy (non-hydrogen) atoms. The number of phenolic OH excluding ortho intramolecular Hbond substituents is 1. The van der Waals surface area contributed by atoms with Gasteiger partial charge in [0.05, 0.1) is 5.56 Å². The lowest BCUT2D eigenvalue weighted by molar-refractivity contribution is 0.0933. The molecule has 4 nitrogen and oxygen atoms in total. The smallest absolute Gasteiger partial charge is 0.255 e. The van der Waals surface area contributed by atoms with Crippen LogP contribution in [-0.4, -0.2) is 23.6 Å². The summed E-state index contributed by atoms with van der Waals surface area (Å²) in [5.41, 5.74) is 5.43. The summed E-state index contributed by atoms with van der Waals surface area (Å²) in [6.07, 6.45) is 1.63. The van der Waals surface area contributed by atoms with Crippen molar-refractivity contribution in [2.24, 2.45) is 5.73 Å². The number of carbonyl (C=O) groups excluding carboxylic acids is 1. The van der Waals surface area contributed by atoms with E-state index in [2.05, 4.69) is 5.32 Å². The lowest BCUT2D eigenvalue weighted by atomic mass is 10.1. The number of hydrogen-bond acceptors (Lipinski definition) is 3. The lowest BCUT2D eigenvalue weighted by Crippen LogP contribution is -2.40. The first-order valence-electron chi connectivity index (χ1n) is 5.58. The zero-order valence-corrected chi connectivity index (χ0v) is 9.74. The molecule has 1 atom stereocenters. The van der Waals surface area contributed by atoms with Gasteiger partial charge >= 0.3 is 0 Å². The van der Waals surface area contributed by atoms with Crippen LogP contribution >= 0.6 is 0 Å². The SMILES string of the molecule is CCCC(CN)NC(=O)c1cc(F)ccc1O. The predicted molar refractivity (Wildman–Crippen MR) is 63.3 cm³/mol. The molecule has 0 saturated heterocycles. The average Bonchev–Trinajstić information content (AvgIpc) is 2.31. The maximum Gasteiger partial charge on any atom is 0.255 e. The van der Waals surface area contributed by atoms with Crippen molar-refractivity contribution < 1.29 is 14.3 Å². The van der Waals surface area contributed by atoms with Crippen molar-refractivity contribution in [2.75, 3.05) is 6.54 Å². The molecule has 1 amide bonds. The number of benzene rings is 1. The van der Waals surface area contributed by atoms with Crippen LogP contribution in [0.4, 0.5) is 4.39 Å². The second-order valence-electron chi connectivity index (χ2n) is 3.86. The highest BCUT2D eigenvalue weighted by molar-refractivity contribution is 5.96. The Bertz CT molecular complexity index is 396. The number of rotatable bonds is 5. The molecule has 0 radical (unpaired) electrons. The van der Waals surface area contributed by atoms with Crippen LogP contribution in [0.2, 0.25) is 0 Å². The zero-order chi connectivity index (χ0) is 12.8. The van der Waals surface area contributed by atoms with E-state index in [1.54, 1.807) is 0 Å². The van der Waals surface area contributed by atoms with Crippen LogP contribution in [0.5, 0.6) is 5.75 Å². The van der Waals surface area contributed by atoms with E-state index in [-0.39, 0.29) is 17.4 Å². The maximum atomic E-state index is 13.0. The van der Waals surface area contributed by atoms with E-state index < -0.39 is 11.7 Å². The van der Waals surface area contributed by atoms with Gasteiger partial charge in [0.15, 0.2) is 0 Å². The first-order valence-corrected chi connectivity index (χ1v) is 5.58. The summed E-state index contributed by atoms with van der Waals surface area (Å²) in [5.74, 6) is -1.31. The van der Waals surface area contributed by atoms with Gasteiger partial charge in [0.2, 0.25) is 0 Å². The molecule has 0 heterocycles. The fourth-order valence-corrected chi connectivity index (χ4v) is 1.55. The van der Waals surface area contributed by atoms with E-state index in [4.69, 9.17) is 5.73 Å². The van der Waals surface area contributed by atoms with Crippen molar-refractivity contribution in [1.82, 2.24) is 5.32 Å². The highest BCUT2D eigenvalue weighted by atomic mass is 19.1. The lowest BCUT2D eigenvalue weighted by Gasteiger charge is -2.16. The number of aromatic hydroxyl groups is 1. The Labute approximate surface area is 99.6 Å². The number of nitrogens with one attached hydrogen (secondary N) is 1. The molecule has 0 aromatic heterocycles. The Morgan fingerprint density at radius 3 is 2.88 bits per heavy atom.